The quantitative estimate of drug-likeness (QED) is 0.480. The lowest BCUT2D eigenvalue weighted by Gasteiger charge is -2.11. The molecule has 0 fully saturated rings. The summed E-state index contributed by atoms with van der Waals surface area (Å²) in [6, 6.07) is 13.0. The van der Waals surface area contributed by atoms with Crippen LogP contribution in [0, 0.1) is 0 Å². The van der Waals surface area contributed by atoms with Crippen LogP contribution in [0.5, 0.6) is 11.5 Å². The molecule has 2 aromatic carbocycles. The molecule has 0 saturated heterocycles. The second kappa shape index (κ2) is 8.54. The molecule has 0 aliphatic heterocycles. The van der Waals surface area contributed by atoms with Crippen LogP contribution in [0.15, 0.2) is 58.5 Å². The van der Waals surface area contributed by atoms with Crippen molar-refractivity contribution in [2.24, 2.45) is 9.98 Å². The molecule has 6 nitrogen and oxygen atoms in total. The summed E-state index contributed by atoms with van der Waals surface area (Å²) in [5.41, 5.74) is 8.75. The van der Waals surface area contributed by atoms with E-state index in [-0.39, 0.29) is 0 Å². The number of anilines is 2. The minimum absolute atomic E-state index is 0.540. The zero-order valence-corrected chi connectivity index (χ0v) is 14.6. The molecule has 0 radical (unpaired) electrons. The van der Waals surface area contributed by atoms with Gasteiger partial charge in [-0.3, -0.25) is 9.98 Å². The first-order valence-electron chi connectivity index (χ1n) is 7.62. The summed E-state index contributed by atoms with van der Waals surface area (Å²) in [6.07, 6.45) is 1.80. The Morgan fingerprint density at radius 1 is 1.12 bits per heavy atom. The normalized spacial score (nSPS) is 11.8. The highest BCUT2D eigenvalue weighted by atomic mass is 16.5. The van der Waals surface area contributed by atoms with E-state index in [0.717, 1.165) is 11.3 Å². The van der Waals surface area contributed by atoms with Gasteiger partial charge in [0.15, 0.2) is 0 Å². The molecule has 0 spiro atoms. The Bertz CT molecular complexity index is 813. The summed E-state index contributed by atoms with van der Waals surface area (Å²) in [7, 11) is 4.89. The van der Waals surface area contributed by atoms with Crippen molar-refractivity contribution in [1.29, 1.82) is 0 Å². The van der Waals surface area contributed by atoms with Crippen LogP contribution in [-0.2, 0) is 0 Å². The van der Waals surface area contributed by atoms with Crippen molar-refractivity contribution in [3.8, 4) is 11.5 Å². The fourth-order valence-electron chi connectivity index (χ4n) is 2.31. The van der Waals surface area contributed by atoms with Crippen molar-refractivity contribution < 1.29 is 9.47 Å². The number of hydrogen-bond donors (Lipinski definition) is 2. The first kappa shape index (κ1) is 18.1. The molecular formula is C19H22N4O2. The van der Waals surface area contributed by atoms with Gasteiger partial charge in [-0.2, -0.15) is 0 Å². The fourth-order valence-corrected chi connectivity index (χ4v) is 2.31. The maximum absolute atomic E-state index is 5.94. The first-order valence-corrected chi connectivity index (χ1v) is 7.62. The average Bonchev–Trinajstić information content (AvgIpc) is 2.65. The second-order valence-corrected chi connectivity index (χ2v) is 5.08. The molecule has 2 aromatic rings. The Kier molecular flexibility index (Phi) is 6.17. The first-order chi connectivity index (χ1) is 12.1. The number of amidine groups is 1. The van der Waals surface area contributed by atoms with E-state index < -0.39 is 0 Å². The highest BCUT2D eigenvalue weighted by molar-refractivity contribution is 6.08. The van der Waals surface area contributed by atoms with E-state index in [1.807, 2.05) is 30.3 Å². The maximum atomic E-state index is 5.94. The summed E-state index contributed by atoms with van der Waals surface area (Å²) in [5.74, 6) is 1.95. The van der Waals surface area contributed by atoms with Crippen molar-refractivity contribution in [2.45, 2.75) is 0 Å². The number of hydrogen-bond acceptors (Lipinski definition) is 5. The predicted molar refractivity (Wildman–Crippen MR) is 105 cm³/mol. The largest absolute Gasteiger partial charge is 0.496 e. The van der Waals surface area contributed by atoms with Crippen LogP contribution in [0.25, 0.3) is 5.70 Å². The van der Waals surface area contributed by atoms with Crippen molar-refractivity contribution in [2.75, 3.05) is 32.3 Å². The van der Waals surface area contributed by atoms with Gasteiger partial charge in [0.05, 0.1) is 25.6 Å². The number of rotatable bonds is 6. The van der Waals surface area contributed by atoms with Crippen molar-refractivity contribution >= 4 is 29.6 Å². The van der Waals surface area contributed by atoms with Crippen molar-refractivity contribution in [3.63, 3.8) is 0 Å². The lowest BCUT2D eigenvalue weighted by Crippen LogP contribution is -2.10. The van der Waals surface area contributed by atoms with E-state index in [1.165, 1.54) is 0 Å². The summed E-state index contributed by atoms with van der Waals surface area (Å²) in [4.78, 5) is 8.36. The molecule has 3 N–H and O–H groups in total. The molecule has 0 aliphatic rings. The molecule has 0 bridgehead atoms. The number of nitrogens with two attached hydrogens (primary N) is 1. The van der Waals surface area contributed by atoms with Gasteiger partial charge in [-0.05, 0) is 37.0 Å². The molecule has 0 aromatic heterocycles. The van der Waals surface area contributed by atoms with Gasteiger partial charge in [0.1, 0.15) is 17.3 Å². The molecule has 6 heteroatoms. The lowest BCUT2D eigenvalue weighted by atomic mass is 10.1. The third-order valence-electron chi connectivity index (χ3n) is 3.57. The monoisotopic (exact) mass is 338 g/mol. The molecular weight excluding hydrogens is 316 g/mol. The Balaban J connectivity index is 2.32. The van der Waals surface area contributed by atoms with Crippen LogP contribution in [0.1, 0.15) is 5.56 Å². The van der Waals surface area contributed by atoms with E-state index in [2.05, 4.69) is 22.0 Å². The number of methoxy groups -OCH3 is 2. The van der Waals surface area contributed by atoms with Gasteiger partial charge in [0, 0.05) is 24.4 Å². The molecule has 0 amide bonds. The van der Waals surface area contributed by atoms with E-state index >= 15 is 0 Å². The zero-order chi connectivity index (χ0) is 18.2. The molecule has 0 unspecified atom stereocenters. The Morgan fingerprint density at radius 3 is 2.44 bits per heavy atom. The number of ether oxygens (including phenoxy) is 2. The van der Waals surface area contributed by atoms with Crippen LogP contribution in [0.4, 0.5) is 11.4 Å². The van der Waals surface area contributed by atoms with Gasteiger partial charge < -0.3 is 20.5 Å². The number of nitrogen functional groups attached to an aromatic ring is 1. The molecule has 0 heterocycles. The van der Waals surface area contributed by atoms with Crippen LogP contribution >= 0.6 is 0 Å². The molecule has 130 valence electrons. The maximum Gasteiger partial charge on any atom is 0.141 e. The van der Waals surface area contributed by atoms with Crippen LogP contribution < -0.4 is 20.5 Å². The Labute approximate surface area is 147 Å². The number of para-hydroxylation sites is 1. The number of benzene rings is 2. The number of aliphatic imine (C=N–C) groups is 2. The molecule has 25 heavy (non-hydrogen) atoms. The molecule has 0 atom stereocenters. The van der Waals surface area contributed by atoms with Gasteiger partial charge in [0.2, 0.25) is 0 Å². The standard InChI is InChI=1S/C19H22N4O2/c1-21-16(14-7-5-6-8-17(14)24-3)12-19(22-2)23-13-9-10-18(25-4)15(20)11-13/h5-12H,1,20H2,2-4H3,(H,22,23)/b16-12-. The van der Waals surface area contributed by atoms with Crippen molar-refractivity contribution in [1.82, 2.24) is 0 Å². The highest BCUT2D eigenvalue weighted by Gasteiger charge is 2.08. The topological polar surface area (TPSA) is 81.2 Å². The van der Waals surface area contributed by atoms with Crippen LogP contribution in [0.2, 0.25) is 0 Å². The summed E-state index contributed by atoms with van der Waals surface area (Å²) < 4.78 is 10.5. The van der Waals surface area contributed by atoms with E-state index in [0.29, 0.717) is 28.7 Å². The number of nitrogens with zero attached hydrogens (tertiary/aromatic N) is 2. The SMILES string of the molecule is C=N/C(=C\C(=N/C)Nc1ccc(OC)c(N)c1)c1ccccc1OC. The fraction of sp³-hybridized carbons (Fsp3) is 0.158. The third-order valence-corrected chi connectivity index (χ3v) is 3.57. The average molecular weight is 338 g/mol. The second-order valence-electron chi connectivity index (χ2n) is 5.08. The van der Waals surface area contributed by atoms with Gasteiger partial charge in [-0.25, -0.2) is 0 Å². The van der Waals surface area contributed by atoms with Gasteiger partial charge >= 0.3 is 0 Å². The van der Waals surface area contributed by atoms with E-state index in [4.69, 9.17) is 15.2 Å². The summed E-state index contributed by atoms with van der Waals surface area (Å²) in [5, 5.41) is 3.20. The summed E-state index contributed by atoms with van der Waals surface area (Å²) >= 11 is 0. The third kappa shape index (κ3) is 4.38. The minimum Gasteiger partial charge on any atom is -0.496 e. The predicted octanol–water partition coefficient (Wildman–Crippen LogP) is 3.47. The highest BCUT2D eigenvalue weighted by Crippen LogP contribution is 2.27. The number of nitrogens with one attached hydrogen (secondary N) is 1. The van der Waals surface area contributed by atoms with Gasteiger partial charge in [0.25, 0.3) is 0 Å². The smallest absolute Gasteiger partial charge is 0.141 e. The van der Waals surface area contributed by atoms with Crippen LogP contribution in [-0.4, -0.2) is 33.8 Å². The summed E-state index contributed by atoms with van der Waals surface area (Å²) in [6.45, 7) is 3.65. The molecule has 2 rings (SSSR count). The van der Waals surface area contributed by atoms with Gasteiger partial charge in [-0.15, -0.1) is 0 Å². The zero-order valence-electron chi connectivity index (χ0n) is 14.6. The Hall–Kier alpha value is -3.28. The molecule has 0 saturated carbocycles. The van der Waals surface area contributed by atoms with Gasteiger partial charge in [-0.1, -0.05) is 12.1 Å². The van der Waals surface area contributed by atoms with E-state index in [9.17, 15) is 0 Å². The minimum atomic E-state index is 0.540. The Morgan fingerprint density at radius 2 is 1.84 bits per heavy atom. The van der Waals surface area contributed by atoms with Crippen LogP contribution in [0.3, 0.4) is 0 Å². The lowest BCUT2D eigenvalue weighted by molar-refractivity contribution is 0.413. The van der Waals surface area contributed by atoms with E-state index in [1.54, 1.807) is 39.5 Å². The molecule has 0 aliphatic carbocycles. The van der Waals surface area contributed by atoms with Crippen molar-refractivity contribution in [3.05, 3.63) is 54.1 Å².